The standard InChI is InChI=1S/C26H33NO8/c1-16(28)13-34-25-17(2)35-26(31)20(12-21(29)23-24(30)22(32-3)9-10-27-23)15-33-14-19(25)11-18-7-5-4-6-8-18/h4-10,16-17,19-20,25,28,30H,11-15H2,1-3H3/t16?,17-,19-,20-,25-/m0/s1. The second-order valence-electron chi connectivity index (χ2n) is 8.81. The predicted octanol–water partition coefficient (Wildman–Crippen LogP) is 2.57. The van der Waals surface area contributed by atoms with Gasteiger partial charge < -0.3 is 29.2 Å². The van der Waals surface area contributed by atoms with Crippen molar-refractivity contribution in [1.29, 1.82) is 0 Å². The molecule has 0 bridgehead atoms. The minimum atomic E-state index is -0.884. The lowest BCUT2D eigenvalue weighted by molar-refractivity contribution is -0.164. The van der Waals surface area contributed by atoms with Crippen molar-refractivity contribution < 1.29 is 38.7 Å². The number of aliphatic hydroxyl groups excluding tert-OH is 1. The number of cyclic esters (lactones) is 1. The number of aliphatic hydroxyl groups is 1. The number of methoxy groups -OCH3 is 1. The molecule has 1 unspecified atom stereocenters. The zero-order chi connectivity index (χ0) is 25.4. The lowest BCUT2D eigenvalue weighted by atomic mass is 9.91. The topological polar surface area (TPSA) is 124 Å². The van der Waals surface area contributed by atoms with Gasteiger partial charge in [0, 0.05) is 24.6 Å². The number of carbonyl (C=O) groups is 2. The highest BCUT2D eigenvalue weighted by Gasteiger charge is 2.36. The van der Waals surface area contributed by atoms with Crippen molar-refractivity contribution in [2.24, 2.45) is 11.8 Å². The average Bonchev–Trinajstić information content (AvgIpc) is 2.87. The van der Waals surface area contributed by atoms with Crippen molar-refractivity contribution in [2.45, 2.75) is 45.0 Å². The van der Waals surface area contributed by atoms with Crippen LogP contribution in [0.3, 0.4) is 0 Å². The van der Waals surface area contributed by atoms with E-state index in [1.54, 1.807) is 13.8 Å². The third kappa shape index (κ3) is 7.24. The summed E-state index contributed by atoms with van der Waals surface area (Å²) in [5.74, 6) is -2.42. The van der Waals surface area contributed by atoms with Gasteiger partial charge in [-0.3, -0.25) is 9.59 Å². The fourth-order valence-electron chi connectivity index (χ4n) is 4.14. The van der Waals surface area contributed by atoms with Crippen LogP contribution in [0.1, 0.15) is 36.3 Å². The number of carbonyl (C=O) groups excluding carboxylic acids is 2. The molecule has 5 atom stereocenters. The Kier molecular flexibility index (Phi) is 9.59. The summed E-state index contributed by atoms with van der Waals surface area (Å²) in [7, 11) is 1.37. The molecule has 3 rings (SSSR count). The Balaban J connectivity index is 1.77. The number of ketones is 1. The van der Waals surface area contributed by atoms with Gasteiger partial charge in [-0.1, -0.05) is 30.3 Å². The van der Waals surface area contributed by atoms with Gasteiger partial charge >= 0.3 is 5.97 Å². The zero-order valence-corrected chi connectivity index (χ0v) is 20.3. The maximum atomic E-state index is 13.0. The first-order valence-electron chi connectivity index (χ1n) is 11.7. The predicted molar refractivity (Wildman–Crippen MR) is 126 cm³/mol. The fourth-order valence-corrected chi connectivity index (χ4v) is 4.14. The Hall–Kier alpha value is -3.01. The summed E-state index contributed by atoms with van der Waals surface area (Å²) in [5.41, 5.74) is 0.904. The molecule has 1 aliphatic heterocycles. The van der Waals surface area contributed by atoms with E-state index in [0.29, 0.717) is 6.42 Å². The molecule has 1 aromatic heterocycles. The van der Waals surface area contributed by atoms with Crippen LogP contribution >= 0.6 is 0 Å². The van der Waals surface area contributed by atoms with Crippen molar-refractivity contribution in [3.63, 3.8) is 0 Å². The Morgan fingerprint density at radius 3 is 2.66 bits per heavy atom. The summed E-state index contributed by atoms with van der Waals surface area (Å²) in [5, 5.41) is 20.0. The molecule has 2 aromatic rings. The second-order valence-corrected chi connectivity index (χ2v) is 8.81. The lowest BCUT2D eigenvalue weighted by Gasteiger charge is -2.31. The van der Waals surface area contributed by atoms with Crippen LogP contribution in [0.4, 0.5) is 0 Å². The zero-order valence-electron chi connectivity index (χ0n) is 20.3. The fraction of sp³-hybridized carbons (Fsp3) is 0.500. The van der Waals surface area contributed by atoms with E-state index in [-0.39, 0.29) is 49.4 Å². The van der Waals surface area contributed by atoms with Crippen molar-refractivity contribution in [2.75, 3.05) is 26.9 Å². The second kappa shape index (κ2) is 12.6. The minimum absolute atomic E-state index is 0.0313. The Morgan fingerprint density at radius 1 is 1.23 bits per heavy atom. The summed E-state index contributed by atoms with van der Waals surface area (Å²) >= 11 is 0. The molecule has 35 heavy (non-hydrogen) atoms. The van der Waals surface area contributed by atoms with E-state index in [2.05, 4.69) is 4.98 Å². The average molecular weight is 488 g/mol. The van der Waals surface area contributed by atoms with Crippen LogP contribution < -0.4 is 4.74 Å². The van der Waals surface area contributed by atoms with Crippen LogP contribution in [0.25, 0.3) is 0 Å². The van der Waals surface area contributed by atoms with E-state index in [0.717, 1.165) is 5.56 Å². The molecule has 9 heteroatoms. The molecule has 0 spiro atoms. The van der Waals surface area contributed by atoms with Crippen LogP contribution in [0.2, 0.25) is 0 Å². The van der Waals surface area contributed by atoms with E-state index in [1.165, 1.54) is 19.4 Å². The summed E-state index contributed by atoms with van der Waals surface area (Å²) in [6, 6.07) is 11.3. The molecule has 1 fully saturated rings. The van der Waals surface area contributed by atoms with Gasteiger partial charge in [0.2, 0.25) is 0 Å². The van der Waals surface area contributed by atoms with Crippen molar-refractivity contribution in [3.05, 3.63) is 53.9 Å². The first-order chi connectivity index (χ1) is 16.8. The highest BCUT2D eigenvalue weighted by molar-refractivity contribution is 5.99. The summed E-state index contributed by atoms with van der Waals surface area (Å²) in [4.78, 5) is 29.8. The van der Waals surface area contributed by atoms with Gasteiger partial charge in [0.15, 0.2) is 23.0 Å². The van der Waals surface area contributed by atoms with E-state index < -0.39 is 36.0 Å². The first-order valence-corrected chi connectivity index (χ1v) is 11.7. The molecule has 9 nitrogen and oxygen atoms in total. The highest BCUT2D eigenvalue weighted by atomic mass is 16.6. The first kappa shape index (κ1) is 26.6. The molecule has 1 aliphatic rings. The number of ether oxygens (including phenoxy) is 4. The van der Waals surface area contributed by atoms with Crippen molar-refractivity contribution >= 4 is 11.8 Å². The molecule has 0 radical (unpaired) electrons. The quantitative estimate of drug-likeness (QED) is 0.406. The molecule has 190 valence electrons. The highest BCUT2D eigenvalue weighted by Crippen LogP contribution is 2.30. The number of hydrogen-bond acceptors (Lipinski definition) is 9. The Morgan fingerprint density at radius 2 is 1.97 bits per heavy atom. The molecule has 2 heterocycles. The number of aromatic nitrogens is 1. The number of Topliss-reactive ketones (excluding diaryl/α,β-unsaturated/α-hetero) is 1. The molecule has 0 aliphatic carbocycles. The summed E-state index contributed by atoms with van der Waals surface area (Å²) in [6.07, 6.45) is -0.119. The van der Waals surface area contributed by atoms with Gasteiger partial charge in [-0.25, -0.2) is 4.98 Å². The van der Waals surface area contributed by atoms with E-state index in [4.69, 9.17) is 18.9 Å². The van der Waals surface area contributed by atoms with E-state index in [9.17, 15) is 19.8 Å². The lowest BCUT2D eigenvalue weighted by Crippen LogP contribution is -2.41. The van der Waals surface area contributed by atoms with Crippen LogP contribution in [0, 0.1) is 11.8 Å². The SMILES string of the molecule is COc1ccnc(C(=O)C[C@H]2COC[C@H](Cc3ccccc3)[C@@H](OCC(C)O)[C@H](C)OC2=O)c1O. The minimum Gasteiger partial charge on any atom is -0.503 e. The number of pyridine rings is 1. The monoisotopic (exact) mass is 487 g/mol. The van der Waals surface area contributed by atoms with E-state index >= 15 is 0 Å². The van der Waals surface area contributed by atoms with Crippen molar-refractivity contribution in [1.82, 2.24) is 4.98 Å². The van der Waals surface area contributed by atoms with Gasteiger partial charge in [-0.05, 0) is 25.8 Å². The van der Waals surface area contributed by atoms with Gasteiger partial charge in [-0.2, -0.15) is 0 Å². The molecular weight excluding hydrogens is 454 g/mol. The number of benzene rings is 1. The van der Waals surface area contributed by atoms with E-state index in [1.807, 2.05) is 30.3 Å². The Labute approximate surface area is 205 Å². The maximum Gasteiger partial charge on any atom is 0.312 e. The van der Waals surface area contributed by atoms with Gasteiger partial charge in [0.05, 0.1) is 45.1 Å². The van der Waals surface area contributed by atoms with Gasteiger partial charge in [0.25, 0.3) is 0 Å². The smallest absolute Gasteiger partial charge is 0.312 e. The molecule has 0 amide bonds. The maximum absolute atomic E-state index is 13.0. The van der Waals surface area contributed by atoms with Crippen LogP contribution in [0.5, 0.6) is 11.5 Å². The third-order valence-corrected chi connectivity index (χ3v) is 5.89. The molecule has 1 aromatic carbocycles. The Bertz CT molecular complexity index is 981. The number of nitrogens with zero attached hydrogens (tertiary/aromatic N) is 1. The number of hydrogen-bond donors (Lipinski definition) is 2. The number of aromatic hydroxyl groups is 1. The van der Waals surface area contributed by atoms with Crippen molar-refractivity contribution in [3.8, 4) is 11.5 Å². The third-order valence-electron chi connectivity index (χ3n) is 5.89. The number of esters is 1. The van der Waals surface area contributed by atoms with Gasteiger partial charge in [0.1, 0.15) is 6.10 Å². The molecule has 0 saturated carbocycles. The molecular formula is C26H33NO8. The normalized spacial score (nSPS) is 23.9. The molecule has 1 saturated heterocycles. The molecule has 2 N–H and O–H groups in total. The number of rotatable bonds is 9. The largest absolute Gasteiger partial charge is 0.503 e. The summed E-state index contributed by atoms with van der Waals surface area (Å²) in [6.45, 7) is 3.69. The summed E-state index contributed by atoms with van der Waals surface area (Å²) < 4.78 is 22.7. The van der Waals surface area contributed by atoms with Crippen LogP contribution in [-0.2, 0) is 25.4 Å². The van der Waals surface area contributed by atoms with Crippen LogP contribution in [0.15, 0.2) is 42.6 Å². The van der Waals surface area contributed by atoms with Crippen LogP contribution in [-0.4, -0.2) is 72.2 Å². The van der Waals surface area contributed by atoms with Gasteiger partial charge in [-0.15, -0.1) is 0 Å².